The molecule has 0 saturated heterocycles. The number of hydrogen-bond donors (Lipinski definition) is 2. The summed E-state index contributed by atoms with van der Waals surface area (Å²) < 4.78 is 26.9. The zero-order valence-corrected chi connectivity index (χ0v) is 13.2. The van der Waals surface area contributed by atoms with Crippen LogP contribution in [0.4, 0.5) is 5.82 Å². The van der Waals surface area contributed by atoms with E-state index in [1.54, 1.807) is 6.20 Å². The summed E-state index contributed by atoms with van der Waals surface area (Å²) in [4.78, 5) is 0.772. The molecule has 0 saturated carbocycles. The third-order valence-corrected chi connectivity index (χ3v) is 4.70. The van der Waals surface area contributed by atoms with Gasteiger partial charge in [0.1, 0.15) is 5.82 Å². The maximum absolute atomic E-state index is 12.2. The fourth-order valence-corrected chi connectivity index (χ4v) is 3.73. The third kappa shape index (κ3) is 3.77. The van der Waals surface area contributed by atoms with Crippen molar-refractivity contribution in [1.82, 2.24) is 10.2 Å². The Hall–Kier alpha value is -1.47. The van der Waals surface area contributed by atoms with Crippen LogP contribution in [0.15, 0.2) is 29.3 Å². The summed E-state index contributed by atoms with van der Waals surface area (Å²) in [5.74, 6) is 0.365. The number of sulfonamides is 1. The van der Waals surface area contributed by atoms with Crippen molar-refractivity contribution in [3.63, 3.8) is 0 Å². The number of aromatic amines is 1. The van der Waals surface area contributed by atoms with Gasteiger partial charge in [-0.05, 0) is 25.7 Å². The van der Waals surface area contributed by atoms with Crippen molar-refractivity contribution in [2.75, 3.05) is 11.0 Å². The summed E-state index contributed by atoms with van der Waals surface area (Å²) in [7, 11) is -3.46. The number of H-pyrrole nitrogens is 1. The van der Waals surface area contributed by atoms with E-state index in [1.807, 2.05) is 38.3 Å². The Labute approximate surface area is 123 Å². The van der Waals surface area contributed by atoms with Crippen LogP contribution in [0, 0.1) is 13.8 Å². The van der Waals surface area contributed by atoms with Crippen molar-refractivity contribution >= 4 is 27.6 Å². The molecular weight excluding hydrogens is 294 g/mol. The molecule has 1 heterocycles. The molecule has 0 aliphatic rings. The molecule has 0 bridgehead atoms. The van der Waals surface area contributed by atoms with Gasteiger partial charge in [-0.15, -0.1) is 11.8 Å². The highest BCUT2D eigenvalue weighted by Gasteiger charge is 2.15. The second-order valence-electron chi connectivity index (χ2n) is 4.67. The zero-order valence-electron chi connectivity index (χ0n) is 11.6. The molecular formula is C13H17N3O2S2. The predicted molar refractivity (Wildman–Crippen MR) is 82.5 cm³/mol. The molecule has 0 atom stereocenters. The first-order chi connectivity index (χ1) is 9.39. The monoisotopic (exact) mass is 311 g/mol. The first kappa shape index (κ1) is 14.9. The van der Waals surface area contributed by atoms with Crippen molar-refractivity contribution in [1.29, 1.82) is 0 Å². The summed E-state index contributed by atoms with van der Waals surface area (Å²) in [6, 6.07) is 5.79. The molecule has 0 fully saturated rings. The van der Waals surface area contributed by atoms with Crippen LogP contribution < -0.4 is 4.72 Å². The first-order valence-corrected chi connectivity index (χ1v) is 8.92. The average molecular weight is 311 g/mol. The minimum atomic E-state index is -3.46. The lowest BCUT2D eigenvalue weighted by Gasteiger charge is -2.09. The number of rotatable bonds is 5. The molecule has 0 aliphatic carbocycles. The number of thioether (sulfide) groups is 1. The highest BCUT2D eigenvalue weighted by molar-refractivity contribution is 7.99. The molecule has 0 radical (unpaired) electrons. The fraction of sp³-hybridized carbons (Fsp3) is 0.308. The summed E-state index contributed by atoms with van der Waals surface area (Å²) in [6.45, 7) is 3.91. The molecule has 0 aliphatic heterocycles. The van der Waals surface area contributed by atoms with E-state index in [4.69, 9.17) is 0 Å². The summed E-state index contributed by atoms with van der Waals surface area (Å²) in [5.41, 5.74) is 2.89. The predicted octanol–water partition coefficient (Wildman–Crippen LogP) is 2.69. The average Bonchev–Trinajstić information content (AvgIpc) is 2.72. The maximum Gasteiger partial charge on any atom is 0.238 e. The number of aryl methyl sites for hydroxylation is 2. The standard InChI is InChI=1S/C13H17N3O2S2/c1-9-4-10(2)6-11(5-9)8-20(17,18)16-13-12(19-3)7-14-15-13/h4-7H,8H2,1-3H3,(H2,14,15,16). The van der Waals surface area contributed by atoms with Gasteiger partial charge in [0.2, 0.25) is 10.0 Å². The Kier molecular flexibility index (Phi) is 4.39. The number of hydrogen-bond acceptors (Lipinski definition) is 4. The van der Waals surface area contributed by atoms with E-state index in [2.05, 4.69) is 14.9 Å². The van der Waals surface area contributed by atoms with Crippen LogP contribution in [-0.2, 0) is 15.8 Å². The van der Waals surface area contributed by atoms with Crippen LogP contribution in [0.3, 0.4) is 0 Å². The van der Waals surface area contributed by atoms with Crippen molar-refractivity contribution in [2.24, 2.45) is 0 Å². The Morgan fingerprint density at radius 1 is 1.25 bits per heavy atom. The van der Waals surface area contributed by atoms with Crippen molar-refractivity contribution < 1.29 is 8.42 Å². The lowest BCUT2D eigenvalue weighted by atomic mass is 10.1. The van der Waals surface area contributed by atoms with Crippen molar-refractivity contribution in [2.45, 2.75) is 24.5 Å². The minimum absolute atomic E-state index is 0.0532. The summed E-state index contributed by atoms with van der Waals surface area (Å²) in [5, 5.41) is 6.50. The van der Waals surface area contributed by atoms with Crippen molar-refractivity contribution in [3.8, 4) is 0 Å². The van der Waals surface area contributed by atoms with E-state index in [-0.39, 0.29) is 5.75 Å². The third-order valence-electron chi connectivity index (χ3n) is 2.72. The van der Waals surface area contributed by atoms with Crippen LogP contribution in [-0.4, -0.2) is 24.9 Å². The van der Waals surface area contributed by atoms with Crippen LogP contribution in [0.1, 0.15) is 16.7 Å². The van der Waals surface area contributed by atoms with Gasteiger partial charge in [0.05, 0.1) is 16.8 Å². The van der Waals surface area contributed by atoms with Crippen LogP contribution in [0.5, 0.6) is 0 Å². The lowest BCUT2D eigenvalue weighted by molar-refractivity contribution is 0.600. The van der Waals surface area contributed by atoms with E-state index >= 15 is 0 Å². The van der Waals surface area contributed by atoms with E-state index in [0.29, 0.717) is 5.82 Å². The smallest absolute Gasteiger partial charge is 0.238 e. The Morgan fingerprint density at radius 3 is 2.50 bits per heavy atom. The Balaban J connectivity index is 2.19. The number of nitrogens with zero attached hydrogens (tertiary/aromatic N) is 1. The van der Waals surface area contributed by atoms with Crippen LogP contribution in [0.2, 0.25) is 0 Å². The molecule has 2 aromatic rings. The lowest BCUT2D eigenvalue weighted by Crippen LogP contribution is -2.16. The van der Waals surface area contributed by atoms with Crippen LogP contribution in [0.25, 0.3) is 0 Å². The quantitative estimate of drug-likeness (QED) is 0.833. The second kappa shape index (κ2) is 5.88. The van der Waals surface area contributed by atoms with E-state index in [1.165, 1.54) is 11.8 Å². The molecule has 7 heteroatoms. The van der Waals surface area contributed by atoms with Gasteiger partial charge in [0.15, 0.2) is 0 Å². The van der Waals surface area contributed by atoms with E-state index in [0.717, 1.165) is 21.6 Å². The first-order valence-electron chi connectivity index (χ1n) is 6.04. The molecule has 2 rings (SSSR count). The molecule has 5 nitrogen and oxygen atoms in total. The molecule has 2 N–H and O–H groups in total. The van der Waals surface area contributed by atoms with Crippen LogP contribution >= 0.6 is 11.8 Å². The van der Waals surface area contributed by atoms with Gasteiger partial charge >= 0.3 is 0 Å². The summed E-state index contributed by atoms with van der Waals surface area (Å²) >= 11 is 1.43. The Bertz CT molecular complexity index is 688. The molecule has 0 unspecified atom stereocenters. The number of benzene rings is 1. The van der Waals surface area contributed by atoms with Gasteiger partial charge in [0.25, 0.3) is 0 Å². The van der Waals surface area contributed by atoms with Gasteiger partial charge in [-0.2, -0.15) is 5.10 Å². The molecule has 1 aromatic carbocycles. The summed E-state index contributed by atoms with van der Waals surface area (Å²) in [6.07, 6.45) is 3.46. The highest BCUT2D eigenvalue weighted by atomic mass is 32.2. The van der Waals surface area contributed by atoms with Gasteiger partial charge in [-0.3, -0.25) is 9.82 Å². The largest absolute Gasteiger partial charge is 0.266 e. The highest BCUT2D eigenvalue weighted by Crippen LogP contribution is 2.23. The number of aromatic nitrogens is 2. The second-order valence-corrected chi connectivity index (χ2v) is 7.24. The Morgan fingerprint density at radius 2 is 1.90 bits per heavy atom. The minimum Gasteiger partial charge on any atom is -0.266 e. The molecule has 0 spiro atoms. The molecule has 20 heavy (non-hydrogen) atoms. The normalized spacial score (nSPS) is 11.6. The number of anilines is 1. The SMILES string of the molecule is CSc1cn[nH]c1NS(=O)(=O)Cc1cc(C)cc(C)c1. The fourth-order valence-electron chi connectivity index (χ4n) is 2.07. The van der Waals surface area contributed by atoms with Gasteiger partial charge in [-0.1, -0.05) is 29.3 Å². The van der Waals surface area contributed by atoms with Gasteiger partial charge < -0.3 is 0 Å². The topological polar surface area (TPSA) is 74.8 Å². The molecule has 108 valence electrons. The van der Waals surface area contributed by atoms with Gasteiger partial charge in [0, 0.05) is 0 Å². The van der Waals surface area contributed by atoms with E-state index in [9.17, 15) is 8.42 Å². The molecule has 1 aromatic heterocycles. The van der Waals surface area contributed by atoms with E-state index < -0.39 is 10.0 Å². The maximum atomic E-state index is 12.2. The number of nitrogens with one attached hydrogen (secondary N) is 2. The van der Waals surface area contributed by atoms with Gasteiger partial charge in [-0.25, -0.2) is 8.42 Å². The van der Waals surface area contributed by atoms with Crippen molar-refractivity contribution in [3.05, 3.63) is 41.1 Å². The zero-order chi connectivity index (χ0) is 14.8. The molecule has 0 amide bonds.